The minimum Gasteiger partial charge on any atom is -0.405 e. The number of H-pyrrole nitrogens is 1. The maximum atomic E-state index is 5.96. The molecule has 0 saturated heterocycles. The van der Waals surface area contributed by atoms with Crippen LogP contribution < -0.4 is 4.84 Å². The Labute approximate surface area is 150 Å². The summed E-state index contributed by atoms with van der Waals surface area (Å²) in [5.41, 5.74) is 5.30. The standard InChI is InChI=1S/C18H20N4O2S/c1-12-16(11-25-18-20-14-5-3-4-6-15(14)21-18)19-9-13-10-22(7-8-23-2)24-17(12)13/h3-6,9H,7-8,10-11H2,1-2H3,(H,20,21). The van der Waals surface area contributed by atoms with Crippen molar-refractivity contribution in [1.82, 2.24) is 20.0 Å². The van der Waals surface area contributed by atoms with Gasteiger partial charge in [-0.2, -0.15) is 0 Å². The number of aromatic nitrogens is 3. The summed E-state index contributed by atoms with van der Waals surface area (Å²) in [4.78, 5) is 18.5. The molecule has 1 aliphatic heterocycles. The zero-order valence-corrected chi connectivity index (χ0v) is 15.1. The van der Waals surface area contributed by atoms with Crippen molar-refractivity contribution in [1.29, 1.82) is 0 Å². The van der Waals surface area contributed by atoms with Crippen molar-refractivity contribution in [3.05, 3.63) is 47.3 Å². The predicted molar refractivity (Wildman–Crippen MR) is 97.5 cm³/mol. The number of thioether (sulfide) groups is 1. The van der Waals surface area contributed by atoms with Crippen molar-refractivity contribution in [3.8, 4) is 5.75 Å². The van der Waals surface area contributed by atoms with Gasteiger partial charge in [-0.3, -0.25) is 4.98 Å². The molecule has 0 fully saturated rings. The van der Waals surface area contributed by atoms with Gasteiger partial charge in [0.25, 0.3) is 0 Å². The Bertz CT molecular complexity index is 863. The van der Waals surface area contributed by atoms with Crippen LogP contribution in [0.5, 0.6) is 5.75 Å². The molecule has 1 aliphatic rings. The lowest BCUT2D eigenvalue weighted by molar-refractivity contribution is -0.0572. The Balaban J connectivity index is 1.47. The number of nitrogens with one attached hydrogen (secondary N) is 1. The van der Waals surface area contributed by atoms with Crippen molar-refractivity contribution in [2.24, 2.45) is 0 Å². The second-order valence-corrected chi connectivity index (χ2v) is 6.94. The maximum absolute atomic E-state index is 5.96. The van der Waals surface area contributed by atoms with Crippen LogP contribution in [0.4, 0.5) is 0 Å². The van der Waals surface area contributed by atoms with Crippen molar-refractivity contribution in [2.45, 2.75) is 24.4 Å². The van der Waals surface area contributed by atoms with E-state index in [4.69, 9.17) is 9.57 Å². The number of pyridine rings is 1. The van der Waals surface area contributed by atoms with Crippen LogP contribution in [-0.2, 0) is 17.0 Å². The van der Waals surface area contributed by atoms with E-state index in [1.807, 2.05) is 35.5 Å². The number of nitrogens with zero attached hydrogens (tertiary/aromatic N) is 3. The summed E-state index contributed by atoms with van der Waals surface area (Å²) in [6, 6.07) is 8.05. The van der Waals surface area contributed by atoms with Gasteiger partial charge in [0, 0.05) is 30.2 Å². The summed E-state index contributed by atoms with van der Waals surface area (Å²) in [5, 5.41) is 2.82. The second kappa shape index (κ2) is 7.03. The molecule has 0 aliphatic carbocycles. The average molecular weight is 356 g/mol. The van der Waals surface area contributed by atoms with E-state index in [0.717, 1.165) is 57.6 Å². The molecule has 4 rings (SSSR count). The fourth-order valence-corrected chi connectivity index (χ4v) is 3.78. The third-order valence-corrected chi connectivity index (χ3v) is 5.15. The number of benzene rings is 1. The van der Waals surface area contributed by atoms with Gasteiger partial charge < -0.3 is 14.6 Å². The van der Waals surface area contributed by atoms with E-state index in [2.05, 4.69) is 21.9 Å². The van der Waals surface area contributed by atoms with Crippen LogP contribution in [0.1, 0.15) is 16.8 Å². The average Bonchev–Trinajstić information content (AvgIpc) is 3.23. The lowest BCUT2D eigenvalue weighted by Crippen LogP contribution is -2.25. The van der Waals surface area contributed by atoms with Gasteiger partial charge >= 0.3 is 0 Å². The summed E-state index contributed by atoms with van der Waals surface area (Å²) in [7, 11) is 1.70. The van der Waals surface area contributed by atoms with Gasteiger partial charge in [0.15, 0.2) is 10.9 Å². The highest BCUT2D eigenvalue weighted by molar-refractivity contribution is 7.98. The molecule has 0 atom stereocenters. The molecule has 0 unspecified atom stereocenters. The van der Waals surface area contributed by atoms with E-state index in [-0.39, 0.29) is 0 Å². The van der Waals surface area contributed by atoms with E-state index < -0.39 is 0 Å². The third kappa shape index (κ3) is 3.35. The predicted octanol–water partition coefficient (Wildman–Crippen LogP) is 3.31. The molecule has 2 aromatic heterocycles. The van der Waals surface area contributed by atoms with Crippen LogP contribution in [0.3, 0.4) is 0 Å². The molecule has 0 bridgehead atoms. The van der Waals surface area contributed by atoms with Gasteiger partial charge in [-0.1, -0.05) is 23.9 Å². The normalized spacial score (nSPS) is 14.0. The largest absolute Gasteiger partial charge is 0.405 e. The first-order chi connectivity index (χ1) is 12.2. The van der Waals surface area contributed by atoms with Crippen molar-refractivity contribution < 1.29 is 9.57 Å². The highest BCUT2D eigenvalue weighted by Gasteiger charge is 2.24. The van der Waals surface area contributed by atoms with E-state index >= 15 is 0 Å². The summed E-state index contributed by atoms with van der Waals surface area (Å²) in [6.45, 7) is 4.21. The highest BCUT2D eigenvalue weighted by atomic mass is 32.2. The first kappa shape index (κ1) is 16.4. The Morgan fingerprint density at radius 1 is 1.36 bits per heavy atom. The fraction of sp³-hybridized carbons (Fsp3) is 0.333. The van der Waals surface area contributed by atoms with E-state index in [9.17, 15) is 0 Å². The first-order valence-electron chi connectivity index (χ1n) is 8.21. The molecular formula is C18H20N4O2S. The lowest BCUT2D eigenvalue weighted by atomic mass is 10.1. The molecule has 25 heavy (non-hydrogen) atoms. The Kier molecular flexibility index (Phi) is 4.61. The molecule has 0 radical (unpaired) electrons. The minimum atomic E-state index is 0.648. The fourth-order valence-electron chi connectivity index (χ4n) is 2.87. The number of aromatic amines is 1. The molecule has 6 nitrogen and oxygen atoms in total. The number of para-hydroxylation sites is 2. The zero-order valence-electron chi connectivity index (χ0n) is 14.3. The molecule has 3 aromatic rings. The SMILES string of the molecule is COCCN1Cc2cnc(CSc3nc4ccccc4[nH]3)c(C)c2O1. The monoisotopic (exact) mass is 356 g/mol. The first-order valence-corrected chi connectivity index (χ1v) is 9.20. The topological polar surface area (TPSA) is 63.3 Å². The molecule has 7 heteroatoms. The van der Waals surface area contributed by atoms with Crippen LogP contribution in [0.2, 0.25) is 0 Å². The van der Waals surface area contributed by atoms with E-state index in [1.165, 1.54) is 0 Å². The molecule has 130 valence electrons. The van der Waals surface area contributed by atoms with Gasteiger partial charge in [-0.15, -0.1) is 5.06 Å². The molecule has 1 aromatic carbocycles. The van der Waals surface area contributed by atoms with E-state index in [0.29, 0.717) is 6.61 Å². The highest BCUT2D eigenvalue weighted by Crippen LogP contribution is 2.34. The van der Waals surface area contributed by atoms with Crippen LogP contribution in [0, 0.1) is 6.92 Å². The maximum Gasteiger partial charge on any atom is 0.166 e. The quantitative estimate of drug-likeness (QED) is 0.684. The van der Waals surface area contributed by atoms with Crippen molar-refractivity contribution in [2.75, 3.05) is 20.3 Å². The van der Waals surface area contributed by atoms with Gasteiger partial charge in [0.05, 0.1) is 36.4 Å². The smallest absolute Gasteiger partial charge is 0.166 e. The zero-order chi connectivity index (χ0) is 17.2. The number of hydrogen-bond donors (Lipinski definition) is 1. The third-order valence-electron chi connectivity index (χ3n) is 4.27. The number of ether oxygens (including phenoxy) is 1. The number of hydroxylamine groups is 2. The van der Waals surface area contributed by atoms with Gasteiger partial charge in [-0.25, -0.2) is 4.98 Å². The number of methoxy groups -OCH3 is 1. The molecule has 0 spiro atoms. The number of rotatable bonds is 6. The Hall–Kier alpha value is -2.09. The number of imidazole rings is 1. The lowest BCUT2D eigenvalue weighted by Gasteiger charge is -2.14. The van der Waals surface area contributed by atoms with Gasteiger partial charge in [0.1, 0.15) is 0 Å². The second-order valence-electron chi connectivity index (χ2n) is 5.98. The summed E-state index contributed by atoms with van der Waals surface area (Å²) >= 11 is 1.66. The van der Waals surface area contributed by atoms with Crippen molar-refractivity contribution >= 4 is 22.8 Å². The van der Waals surface area contributed by atoms with Gasteiger partial charge in [-0.05, 0) is 19.1 Å². The minimum absolute atomic E-state index is 0.648. The molecule has 3 heterocycles. The van der Waals surface area contributed by atoms with Crippen LogP contribution in [-0.4, -0.2) is 40.3 Å². The van der Waals surface area contributed by atoms with E-state index in [1.54, 1.807) is 18.9 Å². The van der Waals surface area contributed by atoms with Gasteiger partial charge in [0.2, 0.25) is 0 Å². The number of hydrogen-bond acceptors (Lipinski definition) is 6. The summed E-state index contributed by atoms with van der Waals surface area (Å²) < 4.78 is 5.12. The summed E-state index contributed by atoms with van der Waals surface area (Å²) in [6.07, 6.45) is 1.92. The molecule has 0 saturated carbocycles. The van der Waals surface area contributed by atoms with Crippen LogP contribution in [0.25, 0.3) is 11.0 Å². The van der Waals surface area contributed by atoms with Crippen molar-refractivity contribution in [3.63, 3.8) is 0 Å². The molecular weight excluding hydrogens is 336 g/mol. The van der Waals surface area contributed by atoms with Crippen LogP contribution >= 0.6 is 11.8 Å². The molecule has 1 N–H and O–H groups in total. The summed E-state index contributed by atoms with van der Waals surface area (Å²) in [5.74, 6) is 1.69. The van der Waals surface area contributed by atoms with Crippen LogP contribution in [0.15, 0.2) is 35.6 Å². The Morgan fingerprint density at radius 3 is 3.08 bits per heavy atom. The molecule has 0 amide bonds. The Morgan fingerprint density at radius 2 is 2.24 bits per heavy atom. The number of fused-ring (bicyclic) bond motifs is 2.